The number of benzene rings is 1. The van der Waals surface area contributed by atoms with E-state index in [9.17, 15) is 0 Å². The number of hydrogen-bond acceptors (Lipinski definition) is 3. The van der Waals surface area contributed by atoms with Crippen molar-refractivity contribution in [1.29, 1.82) is 5.26 Å². The Morgan fingerprint density at radius 2 is 2.06 bits per heavy atom. The molecular weight excluding hydrogens is 224 g/mol. The summed E-state index contributed by atoms with van der Waals surface area (Å²) in [7, 11) is 3.70. The van der Waals surface area contributed by atoms with Gasteiger partial charge in [-0.05, 0) is 37.5 Å². The summed E-state index contributed by atoms with van der Waals surface area (Å²) in [5.41, 5.74) is 3.40. The maximum atomic E-state index is 9.05. The average Bonchev–Trinajstić information content (AvgIpc) is 2.34. The molecule has 3 nitrogen and oxygen atoms in total. The first-order chi connectivity index (χ1) is 8.53. The zero-order valence-corrected chi connectivity index (χ0v) is 11.9. The number of hydrogen-bond donors (Lipinski definition) is 0. The molecule has 0 heterocycles. The Balaban J connectivity index is 3.05. The zero-order chi connectivity index (χ0) is 13.7. The van der Waals surface area contributed by atoms with Gasteiger partial charge >= 0.3 is 0 Å². The second-order valence-corrected chi connectivity index (χ2v) is 4.75. The highest BCUT2D eigenvalue weighted by Crippen LogP contribution is 2.32. The molecule has 1 aromatic rings. The van der Waals surface area contributed by atoms with Crippen LogP contribution in [0.2, 0.25) is 0 Å². The van der Waals surface area contributed by atoms with Crippen molar-refractivity contribution in [2.75, 3.05) is 25.6 Å². The highest BCUT2D eigenvalue weighted by Gasteiger charge is 2.15. The summed E-state index contributed by atoms with van der Waals surface area (Å²) in [6.45, 7) is 6.89. The number of methoxy groups -OCH3 is 1. The van der Waals surface area contributed by atoms with Gasteiger partial charge < -0.3 is 9.64 Å². The van der Waals surface area contributed by atoms with Gasteiger partial charge in [-0.1, -0.05) is 13.0 Å². The van der Waals surface area contributed by atoms with Crippen LogP contribution in [-0.2, 0) is 0 Å². The van der Waals surface area contributed by atoms with E-state index in [2.05, 4.69) is 30.0 Å². The summed E-state index contributed by atoms with van der Waals surface area (Å²) in [5, 5.41) is 9.05. The van der Waals surface area contributed by atoms with Gasteiger partial charge in [0.15, 0.2) is 0 Å². The van der Waals surface area contributed by atoms with Crippen molar-refractivity contribution in [3.63, 3.8) is 0 Å². The van der Waals surface area contributed by atoms with Gasteiger partial charge in [0.25, 0.3) is 0 Å². The third-order valence-electron chi connectivity index (χ3n) is 3.18. The predicted molar refractivity (Wildman–Crippen MR) is 75.1 cm³/mol. The highest BCUT2D eigenvalue weighted by atomic mass is 16.5. The van der Waals surface area contributed by atoms with Crippen LogP contribution in [0.25, 0.3) is 0 Å². The molecule has 0 aliphatic heterocycles. The Morgan fingerprint density at radius 3 is 2.56 bits per heavy atom. The number of aryl methyl sites for hydroxylation is 2. The van der Waals surface area contributed by atoms with Gasteiger partial charge in [0.1, 0.15) is 5.75 Å². The Hall–Kier alpha value is -1.69. The molecule has 1 rings (SSSR count). The van der Waals surface area contributed by atoms with Gasteiger partial charge in [-0.15, -0.1) is 0 Å². The monoisotopic (exact) mass is 246 g/mol. The fourth-order valence-electron chi connectivity index (χ4n) is 2.17. The van der Waals surface area contributed by atoms with Crippen molar-refractivity contribution >= 4 is 5.69 Å². The lowest BCUT2D eigenvalue weighted by molar-refractivity contribution is 0.411. The third kappa shape index (κ3) is 3.16. The van der Waals surface area contributed by atoms with Crippen LogP contribution >= 0.6 is 0 Å². The lowest BCUT2D eigenvalue weighted by atomic mass is 10.1. The molecule has 0 aliphatic carbocycles. The molecule has 0 saturated heterocycles. The van der Waals surface area contributed by atoms with E-state index in [1.165, 1.54) is 5.56 Å². The summed E-state index contributed by atoms with van der Waals surface area (Å²) in [6.07, 6.45) is 0.869. The summed E-state index contributed by atoms with van der Waals surface area (Å²) in [4.78, 5) is 2.11. The number of rotatable bonds is 5. The number of nitrogens with zero attached hydrogens (tertiary/aromatic N) is 2. The van der Waals surface area contributed by atoms with Crippen molar-refractivity contribution < 1.29 is 4.74 Å². The minimum Gasteiger partial charge on any atom is -0.494 e. The average molecular weight is 246 g/mol. The van der Waals surface area contributed by atoms with Crippen LogP contribution in [0.15, 0.2) is 12.1 Å². The number of anilines is 1. The summed E-state index contributed by atoms with van der Waals surface area (Å²) in [6, 6.07) is 6.55. The van der Waals surface area contributed by atoms with Crippen molar-refractivity contribution in [3.05, 3.63) is 23.3 Å². The molecule has 18 heavy (non-hydrogen) atoms. The molecule has 0 bridgehead atoms. The zero-order valence-electron chi connectivity index (χ0n) is 11.9. The van der Waals surface area contributed by atoms with Gasteiger partial charge in [-0.3, -0.25) is 0 Å². The summed E-state index contributed by atoms with van der Waals surface area (Å²) >= 11 is 0. The van der Waals surface area contributed by atoms with E-state index in [0.29, 0.717) is 0 Å². The van der Waals surface area contributed by atoms with E-state index in [-0.39, 0.29) is 5.92 Å². The van der Waals surface area contributed by atoms with E-state index < -0.39 is 0 Å². The standard InChI is InChI=1S/C15H22N2O/c1-6-13(9-16)10-17(4)14-8-11(2)7-12(3)15(14)18-5/h7-8,13H,6,10H2,1-5H3. The maximum Gasteiger partial charge on any atom is 0.145 e. The first-order valence-electron chi connectivity index (χ1n) is 6.29. The van der Waals surface area contributed by atoms with E-state index in [1.807, 2.05) is 20.9 Å². The van der Waals surface area contributed by atoms with Crippen molar-refractivity contribution in [3.8, 4) is 11.8 Å². The topological polar surface area (TPSA) is 36.3 Å². The summed E-state index contributed by atoms with van der Waals surface area (Å²) < 4.78 is 5.48. The van der Waals surface area contributed by atoms with Gasteiger partial charge in [0.2, 0.25) is 0 Å². The van der Waals surface area contributed by atoms with Crippen molar-refractivity contribution in [2.45, 2.75) is 27.2 Å². The Morgan fingerprint density at radius 1 is 1.39 bits per heavy atom. The quantitative estimate of drug-likeness (QED) is 0.799. The number of nitriles is 1. The molecule has 0 N–H and O–H groups in total. The Labute approximate surface area is 110 Å². The molecule has 1 atom stereocenters. The third-order valence-corrected chi connectivity index (χ3v) is 3.18. The molecule has 0 spiro atoms. The van der Waals surface area contributed by atoms with Crippen molar-refractivity contribution in [2.24, 2.45) is 5.92 Å². The van der Waals surface area contributed by atoms with Gasteiger partial charge in [0, 0.05) is 13.6 Å². The van der Waals surface area contributed by atoms with Gasteiger partial charge in [-0.2, -0.15) is 5.26 Å². The number of ether oxygens (including phenoxy) is 1. The van der Waals surface area contributed by atoms with Crippen LogP contribution in [0.5, 0.6) is 5.75 Å². The Bertz CT molecular complexity index is 449. The van der Waals surface area contributed by atoms with E-state index in [0.717, 1.165) is 30.0 Å². The largest absolute Gasteiger partial charge is 0.494 e. The molecular formula is C15H22N2O. The fraction of sp³-hybridized carbons (Fsp3) is 0.533. The van der Waals surface area contributed by atoms with E-state index >= 15 is 0 Å². The van der Waals surface area contributed by atoms with Crippen LogP contribution in [0.3, 0.4) is 0 Å². The van der Waals surface area contributed by atoms with Crippen LogP contribution in [0, 0.1) is 31.1 Å². The van der Waals surface area contributed by atoms with Crippen LogP contribution in [0.4, 0.5) is 5.69 Å². The maximum absolute atomic E-state index is 9.05. The fourth-order valence-corrected chi connectivity index (χ4v) is 2.17. The van der Waals surface area contributed by atoms with Crippen LogP contribution in [-0.4, -0.2) is 20.7 Å². The predicted octanol–water partition coefficient (Wildman–Crippen LogP) is 3.30. The minimum atomic E-state index is 0.0560. The van der Waals surface area contributed by atoms with E-state index in [4.69, 9.17) is 10.00 Å². The van der Waals surface area contributed by atoms with Crippen molar-refractivity contribution in [1.82, 2.24) is 0 Å². The lowest BCUT2D eigenvalue weighted by Crippen LogP contribution is -2.25. The van der Waals surface area contributed by atoms with Crippen LogP contribution < -0.4 is 9.64 Å². The second kappa shape index (κ2) is 6.30. The highest BCUT2D eigenvalue weighted by molar-refractivity contribution is 5.63. The molecule has 1 unspecified atom stereocenters. The van der Waals surface area contributed by atoms with Gasteiger partial charge in [0.05, 0.1) is 24.8 Å². The molecule has 0 fully saturated rings. The first kappa shape index (κ1) is 14.4. The molecule has 0 amide bonds. The summed E-state index contributed by atoms with van der Waals surface area (Å²) in [5.74, 6) is 0.955. The molecule has 0 aromatic heterocycles. The smallest absolute Gasteiger partial charge is 0.145 e. The SMILES string of the molecule is CCC(C#N)CN(C)c1cc(C)cc(C)c1OC. The first-order valence-corrected chi connectivity index (χ1v) is 6.29. The van der Waals surface area contributed by atoms with E-state index in [1.54, 1.807) is 7.11 Å². The van der Waals surface area contributed by atoms with Crippen LogP contribution in [0.1, 0.15) is 24.5 Å². The lowest BCUT2D eigenvalue weighted by Gasteiger charge is -2.25. The molecule has 1 aromatic carbocycles. The molecule has 0 aliphatic rings. The minimum absolute atomic E-state index is 0.0560. The second-order valence-electron chi connectivity index (χ2n) is 4.75. The molecule has 3 heteroatoms. The molecule has 0 saturated carbocycles. The normalized spacial score (nSPS) is 11.8. The molecule has 0 radical (unpaired) electrons. The molecule has 98 valence electrons. The Kier molecular flexibility index (Phi) is 5.03. The van der Waals surface area contributed by atoms with Gasteiger partial charge in [-0.25, -0.2) is 0 Å².